The first-order chi connectivity index (χ1) is 12.4. The Morgan fingerprint density at radius 3 is 2.58 bits per heavy atom. The zero-order valence-electron chi connectivity index (χ0n) is 15.4. The number of hydrogen-bond acceptors (Lipinski definition) is 5. The molecule has 0 radical (unpaired) electrons. The molecule has 0 unspecified atom stereocenters. The van der Waals surface area contributed by atoms with Gasteiger partial charge in [-0.3, -0.25) is 4.79 Å². The maximum atomic E-state index is 12.3. The molecule has 2 aromatic carbocycles. The van der Waals surface area contributed by atoms with Gasteiger partial charge in [0.15, 0.2) is 0 Å². The first kappa shape index (κ1) is 17.7. The Labute approximate surface area is 152 Å². The van der Waals surface area contributed by atoms with Crippen molar-refractivity contribution in [2.45, 2.75) is 20.8 Å². The number of nitrogens with one attached hydrogen (secondary N) is 1. The van der Waals surface area contributed by atoms with Gasteiger partial charge >= 0.3 is 6.01 Å². The molecule has 1 amide bonds. The van der Waals surface area contributed by atoms with Crippen molar-refractivity contribution in [1.82, 2.24) is 10.1 Å². The predicted molar refractivity (Wildman–Crippen MR) is 102 cm³/mol. The standard InChI is InChI=1S/C20H22N4O2/c1-13-8-10-16(11-9-13)19-22-20(26-23-19)24(4)12-18(25)21-17-7-5-6-14(2)15(17)3/h5-11H,12H2,1-4H3,(H,21,25). The Morgan fingerprint density at radius 2 is 1.85 bits per heavy atom. The smallest absolute Gasteiger partial charge is 0.324 e. The number of anilines is 2. The van der Waals surface area contributed by atoms with Crippen molar-refractivity contribution in [2.24, 2.45) is 0 Å². The van der Waals surface area contributed by atoms with Crippen LogP contribution < -0.4 is 10.2 Å². The van der Waals surface area contributed by atoms with Crippen molar-refractivity contribution in [3.63, 3.8) is 0 Å². The topological polar surface area (TPSA) is 71.3 Å². The van der Waals surface area contributed by atoms with Gasteiger partial charge in [-0.05, 0) is 38.0 Å². The predicted octanol–water partition coefficient (Wildman–Crippen LogP) is 3.74. The number of rotatable bonds is 5. The highest BCUT2D eigenvalue weighted by molar-refractivity contribution is 5.94. The quantitative estimate of drug-likeness (QED) is 0.759. The molecule has 3 aromatic rings. The Balaban J connectivity index is 1.66. The zero-order chi connectivity index (χ0) is 18.7. The molecule has 134 valence electrons. The van der Waals surface area contributed by atoms with Crippen molar-refractivity contribution in [2.75, 3.05) is 23.8 Å². The number of amides is 1. The maximum absolute atomic E-state index is 12.3. The Hall–Kier alpha value is -3.15. The minimum absolute atomic E-state index is 0.114. The molecule has 1 aromatic heterocycles. The zero-order valence-corrected chi connectivity index (χ0v) is 15.4. The second-order valence-electron chi connectivity index (χ2n) is 6.42. The highest BCUT2D eigenvalue weighted by atomic mass is 16.5. The van der Waals surface area contributed by atoms with E-state index in [4.69, 9.17) is 4.52 Å². The minimum Gasteiger partial charge on any atom is -0.324 e. The molecule has 6 nitrogen and oxygen atoms in total. The van der Waals surface area contributed by atoms with E-state index in [9.17, 15) is 4.79 Å². The van der Waals surface area contributed by atoms with Crippen LogP contribution in [0.3, 0.4) is 0 Å². The van der Waals surface area contributed by atoms with E-state index >= 15 is 0 Å². The van der Waals surface area contributed by atoms with Gasteiger partial charge in [0.2, 0.25) is 11.7 Å². The maximum Gasteiger partial charge on any atom is 0.324 e. The van der Waals surface area contributed by atoms with Crippen molar-refractivity contribution in [3.05, 3.63) is 59.2 Å². The SMILES string of the molecule is Cc1ccc(-c2noc(N(C)CC(=O)Nc3cccc(C)c3C)n2)cc1. The van der Waals surface area contributed by atoms with Crippen molar-refractivity contribution in [1.29, 1.82) is 0 Å². The van der Waals surface area contributed by atoms with Crippen LogP contribution in [0.15, 0.2) is 47.0 Å². The largest absolute Gasteiger partial charge is 0.324 e. The van der Waals surface area contributed by atoms with Crippen molar-refractivity contribution >= 4 is 17.6 Å². The average Bonchev–Trinajstić information content (AvgIpc) is 3.10. The third-order valence-corrected chi connectivity index (χ3v) is 4.31. The van der Waals surface area contributed by atoms with Crippen LogP contribution in [-0.2, 0) is 4.79 Å². The summed E-state index contributed by atoms with van der Waals surface area (Å²) in [7, 11) is 1.75. The normalized spacial score (nSPS) is 10.6. The number of carbonyl (C=O) groups excluding carboxylic acids is 1. The van der Waals surface area contributed by atoms with Crippen LogP contribution in [-0.4, -0.2) is 29.6 Å². The summed E-state index contributed by atoms with van der Waals surface area (Å²) in [5.41, 5.74) is 5.05. The van der Waals surface area contributed by atoms with Crippen LogP contribution in [0, 0.1) is 20.8 Å². The number of aryl methyl sites for hydroxylation is 2. The lowest BCUT2D eigenvalue weighted by Crippen LogP contribution is -2.30. The van der Waals surface area contributed by atoms with Crippen LogP contribution in [0.5, 0.6) is 0 Å². The van der Waals surface area contributed by atoms with E-state index in [1.807, 2.05) is 63.2 Å². The summed E-state index contributed by atoms with van der Waals surface area (Å²) in [5.74, 6) is 0.359. The molecule has 3 rings (SSSR count). The highest BCUT2D eigenvalue weighted by Crippen LogP contribution is 2.20. The van der Waals surface area contributed by atoms with E-state index in [0.29, 0.717) is 11.8 Å². The van der Waals surface area contributed by atoms with E-state index in [1.165, 1.54) is 0 Å². The molecule has 0 fully saturated rings. The first-order valence-corrected chi connectivity index (χ1v) is 8.42. The number of likely N-dealkylation sites (N-methyl/N-ethyl adjacent to an activating group) is 1. The molecule has 0 aliphatic heterocycles. The summed E-state index contributed by atoms with van der Waals surface area (Å²) >= 11 is 0. The van der Waals surface area contributed by atoms with Crippen molar-refractivity contribution in [3.8, 4) is 11.4 Å². The van der Waals surface area contributed by atoms with E-state index in [0.717, 1.165) is 27.9 Å². The van der Waals surface area contributed by atoms with E-state index in [-0.39, 0.29) is 12.5 Å². The van der Waals surface area contributed by atoms with Gasteiger partial charge in [0, 0.05) is 18.3 Å². The highest BCUT2D eigenvalue weighted by Gasteiger charge is 2.16. The molecular formula is C20H22N4O2. The van der Waals surface area contributed by atoms with Crippen LogP contribution in [0.25, 0.3) is 11.4 Å². The Bertz CT molecular complexity index is 916. The summed E-state index contributed by atoms with van der Waals surface area (Å²) < 4.78 is 5.29. The van der Waals surface area contributed by atoms with Crippen molar-refractivity contribution < 1.29 is 9.32 Å². The van der Waals surface area contributed by atoms with Crippen LogP contribution >= 0.6 is 0 Å². The third kappa shape index (κ3) is 3.91. The molecule has 0 aliphatic rings. The molecule has 26 heavy (non-hydrogen) atoms. The number of hydrogen-bond donors (Lipinski definition) is 1. The average molecular weight is 350 g/mol. The van der Waals surface area contributed by atoms with Gasteiger partial charge in [-0.1, -0.05) is 47.1 Å². The molecule has 0 saturated carbocycles. The number of carbonyl (C=O) groups is 1. The molecule has 0 spiro atoms. The molecule has 0 bridgehead atoms. The summed E-state index contributed by atoms with van der Waals surface area (Å²) in [6.45, 7) is 6.14. The van der Waals surface area contributed by atoms with Crippen LogP contribution in [0.1, 0.15) is 16.7 Å². The molecule has 1 heterocycles. The Morgan fingerprint density at radius 1 is 1.12 bits per heavy atom. The monoisotopic (exact) mass is 350 g/mol. The van der Waals surface area contributed by atoms with E-state index in [2.05, 4.69) is 15.5 Å². The van der Waals surface area contributed by atoms with Gasteiger partial charge in [0.25, 0.3) is 0 Å². The van der Waals surface area contributed by atoms with E-state index < -0.39 is 0 Å². The summed E-state index contributed by atoms with van der Waals surface area (Å²) in [4.78, 5) is 18.3. The summed E-state index contributed by atoms with van der Waals surface area (Å²) in [6.07, 6.45) is 0. The first-order valence-electron chi connectivity index (χ1n) is 8.42. The van der Waals surface area contributed by atoms with E-state index in [1.54, 1.807) is 11.9 Å². The van der Waals surface area contributed by atoms with Gasteiger partial charge in [-0.15, -0.1) is 0 Å². The van der Waals surface area contributed by atoms with Gasteiger partial charge in [-0.2, -0.15) is 4.98 Å². The molecule has 6 heteroatoms. The molecular weight excluding hydrogens is 328 g/mol. The van der Waals surface area contributed by atoms with Gasteiger partial charge < -0.3 is 14.7 Å². The number of benzene rings is 2. The number of nitrogens with zero attached hydrogens (tertiary/aromatic N) is 3. The second kappa shape index (κ2) is 7.39. The summed E-state index contributed by atoms with van der Waals surface area (Å²) in [5, 5.41) is 6.92. The Kier molecular flexibility index (Phi) is 5.02. The van der Waals surface area contributed by atoms with Crippen LogP contribution in [0.2, 0.25) is 0 Å². The molecule has 0 atom stereocenters. The fourth-order valence-electron chi connectivity index (χ4n) is 2.55. The van der Waals surface area contributed by atoms with Gasteiger partial charge in [0.1, 0.15) is 6.54 Å². The number of aromatic nitrogens is 2. The lowest BCUT2D eigenvalue weighted by atomic mass is 10.1. The lowest BCUT2D eigenvalue weighted by Gasteiger charge is -2.15. The lowest BCUT2D eigenvalue weighted by molar-refractivity contribution is -0.115. The van der Waals surface area contributed by atoms with Gasteiger partial charge in [0.05, 0.1) is 0 Å². The fourth-order valence-corrected chi connectivity index (χ4v) is 2.55. The third-order valence-electron chi connectivity index (χ3n) is 4.31. The second-order valence-corrected chi connectivity index (χ2v) is 6.42. The molecule has 0 aliphatic carbocycles. The molecule has 1 N–H and O–H groups in total. The van der Waals surface area contributed by atoms with Crippen LogP contribution in [0.4, 0.5) is 11.7 Å². The molecule has 0 saturated heterocycles. The minimum atomic E-state index is -0.142. The van der Waals surface area contributed by atoms with Gasteiger partial charge in [-0.25, -0.2) is 0 Å². The summed E-state index contributed by atoms with van der Waals surface area (Å²) in [6, 6.07) is 14.0. The fraction of sp³-hybridized carbons (Fsp3) is 0.250.